The Morgan fingerprint density at radius 3 is 2.71 bits per heavy atom. The van der Waals surface area contributed by atoms with Crippen LogP contribution in [0.5, 0.6) is 0 Å². The molecule has 21 heavy (non-hydrogen) atoms. The van der Waals surface area contributed by atoms with Gasteiger partial charge in [0.05, 0.1) is 12.3 Å². The number of alkyl halides is 2. The lowest BCUT2D eigenvalue weighted by molar-refractivity contribution is -0.158. The molecule has 2 atom stereocenters. The molecule has 1 aliphatic carbocycles. The molecule has 1 saturated heterocycles. The number of hydrogen-bond acceptors (Lipinski definition) is 3. The van der Waals surface area contributed by atoms with Gasteiger partial charge < -0.3 is 4.74 Å². The Balaban J connectivity index is 2.23. The van der Waals surface area contributed by atoms with Crippen LogP contribution in [0.3, 0.4) is 0 Å². The van der Waals surface area contributed by atoms with Gasteiger partial charge in [0.15, 0.2) is 0 Å². The fraction of sp³-hybridized carbons (Fsp3) is 0.500. The second kappa shape index (κ2) is 4.61. The summed E-state index contributed by atoms with van der Waals surface area (Å²) in [7, 11) is 0. The number of benzene rings is 1. The Morgan fingerprint density at radius 2 is 2.00 bits per heavy atom. The zero-order chi connectivity index (χ0) is 15.3. The number of fused-ring (bicyclic) bond motifs is 3. The van der Waals surface area contributed by atoms with E-state index in [9.17, 15) is 18.4 Å². The minimum absolute atomic E-state index is 0.0236. The van der Waals surface area contributed by atoms with Crippen LogP contribution in [-0.4, -0.2) is 17.7 Å². The highest BCUT2D eigenvalue weighted by molar-refractivity contribution is 6.05. The average molecular weight is 294 g/mol. The van der Waals surface area contributed by atoms with Crippen molar-refractivity contribution in [3.63, 3.8) is 0 Å². The van der Waals surface area contributed by atoms with Gasteiger partial charge in [-0.1, -0.05) is 37.6 Å². The number of carbonyl (C=O) groups is 2. The molecule has 1 aromatic carbocycles. The quantitative estimate of drug-likeness (QED) is 0.802. The van der Waals surface area contributed by atoms with Gasteiger partial charge in [-0.05, 0) is 12.8 Å². The van der Waals surface area contributed by atoms with E-state index < -0.39 is 35.6 Å². The average Bonchev–Trinajstić information content (AvgIpc) is 2.82. The largest absolute Gasteiger partial charge is 0.454 e. The maximum Gasteiger partial charge on any atom is 0.317 e. The van der Waals surface area contributed by atoms with Crippen molar-refractivity contribution in [3.05, 3.63) is 35.4 Å². The van der Waals surface area contributed by atoms with Crippen LogP contribution in [0.1, 0.15) is 48.5 Å². The monoisotopic (exact) mass is 294 g/mol. The Labute approximate surface area is 121 Å². The highest BCUT2D eigenvalue weighted by atomic mass is 19.3. The smallest absolute Gasteiger partial charge is 0.317 e. The van der Waals surface area contributed by atoms with E-state index in [2.05, 4.69) is 0 Å². The van der Waals surface area contributed by atoms with Gasteiger partial charge in [0.25, 0.3) is 0 Å². The van der Waals surface area contributed by atoms with E-state index in [1.807, 2.05) is 6.92 Å². The number of ketones is 1. The van der Waals surface area contributed by atoms with E-state index in [1.54, 1.807) is 18.2 Å². The van der Waals surface area contributed by atoms with Gasteiger partial charge in [0.2, 0.25) is 5.78 Å². The van der Waals surface area contributed by atoms with E-state index in [0.717, 1.165) is 6.42 Å². The van der Waals surface area contributed by atoms with Crippen LogP contribution in [0.2, 0.25) is 0 Å². The predicted octanol–water partition coefficient (Wildman–Crippen LogP) is 3.47. The number of carbonyl (C=O) groups excluding carboxylic acids is 2. The number of halogens is 2. The standard InChI is InChI=1S/C16H16F2O3/c1-2-3-8-15-11-7-5-4-6-10(11)14(20)16(17,18)12(15)9-13(19)21-15/h4-7,12H,2-3,8-9H2,1H3. The first-order valence-electron chi connectivity index (χ1n) is 7.17. The van der Waals surface area contributed by atoms with Crippen molar-refractivity contribution in [2.45, 2.75) is 44.1 Å². The molecule has 0 amide bonds. The summed E-state index contributed by atoms with van der Waals surface area (Å²) >= 11 is 0. The summed E-state index contributed by atoms with van der Waals surface area (Å²) in [5.74, 6) is -6.81. The van der Waals surface area contributed by atoms with Crippen LogP contribution in [-0.2, 0) is 15.1 Å². The molecule has 1 fully saturated rings. The third-order valence-corrected chi connectivity index (χ3v) is 4.50. The van der Waals surface area contributed by atoms with Crippen molar-refractivity contribution in [2.24, 2.45) is 5.92 Å². The van der Waals surface area contributed by atoms with E-state index >= 15 is 0 Å². The molecule has 0 radical (unpaired) electrons. The summed E-state index contributed by atoms with van der Waals surface area (Å²) in [6.45, 7) is 1.94. The van der Waals surface area contributed by atoms with Crippen LogP contribution in [0.4, 0.5) is 8.78 Å². The van der Waals surface area contributed by atoms with Gasteiger partial charge in [-0.15, -0.1) is 0 Å². The number of esters is 1. The van der Waals surface area contributed by atoms with Crippen molar-refractivity contribution in [3.8, 4) is 0 Å². The van der Waals surface area contributed by atoms with Gasteiger partial charge in [-0.2, -0.15) is 8.78 Å². The number of hydrogen-bond donors (Lipinski definition) is 0. The molecule has 0 aromatic heterocycles. The highest BCUT2D eigenvalue weighted by Gasteiger charge is 2.67. The van der Waals surface area contributed by atoms with Crippen LogP contribution < -0.4 is 0 Å². The van der Waals surface area contributed by atoms with Crippen molar-refractivity contribution < 1.29 is 23.1 Å². The fourth-order valence-corrected chi connectivity index (χ4v) is 3.50. The molecule has 0 spiro atoms. The summed E-state index contributed by atoms with van der Waals surface area (Å²) in [5, 5.41) is 0. The van der Waals surface area contributed by atoms with Crippen molar-refractivity contribution in [2.75, 3.05) is 0 Å². The second-order valence-corrected chi connectivity index (χ2v) is 5.72. The Kier molecular flexibility index (Phi) is 3.11. The molecule has 3 rings (SSSR count). The molecule has 3 nitrogen and oxygen atoms in total. The molecule has 2 aliphatic rings. The molecular weight excluding hydrogens is 278 g/mol. The Morgan fingerprint density at radius 1 is 1.29 bits per heavy atom. The number of ether oxygens (including phenoxy) is 1. The first-order valence-corrected chi connectivity index (χ1v) is 7.17. The van der Waals surface area contributed by atoms with Gasteiger partial charge in [-0.3, -0.25) is 9.59 Å². The van der Waals surface area contributed by atoms with Gasteiger partial charge in [0, 0.05) is 11.1 Å². The maximum atomic E-state index is 14.5. The zero-order valence-electron chi connectivity index (χ0n) is 11.7. The molecular formula is C16H16F2O3. The minimum Gasteiger partial charge on any atom is -0.454 e. The zero-order valence-corrected chi connectivity index (χ0v) is 11.7. The van der Waals surface area contributed by atoms with Crippen LogP contribution in [0.25, 0.3) is 0 Å². The van der Waals surface area contributed by atoms with Crippen LogP contribution >= 0.6 is 0 Å². The first-order chi connectivity index (χ1) is 9.93. The lowest BCUT2D eigenvalue weighted by Crippen LogP contribution is -2.52. The summed E-state index contributed by atoms with van der Waals surface area (Å²) in [6.07, 6.45) is 1.37. The molecule has 1 heterocycles. The second-order valence-electron chi connectivity index (χ2n) is 5.72. The van der Waals surface area contributed by atoms with E-state index in [0.29, 0.717) is 18.4 Å². The molecule has 1 aliphatic heterocycles. The van der Waals surface area contributed by atoms with E-state index in [1.165, 1.54) is 6.07 Å². The Bertz CT molecular complexity index is 611. The van der Waals surface area contributed by atoms with Crippen molar-refractivity contribution in [1.29, 1.82) is 0 Å². The van der Waals surface area contributed by atoms with Crippen LogP contribution in [0.15, 0.2) is 24.3 Å². The number of Topliss-reactive ketones (excluding diaryl/α,β-unsaturated/α-hetero) is 1. The highest BCUT2D eigenvalue weighted by Crippen LogP contribution is 2.56. The molecule has 2 unspecified atom stereocenters. The maximum absolute atomic E-state index is 14.5. The molecule has 0 bridgehead atoms. The SMILES string of the molecule is CCCCC12OC(=O)CC1C(F)(F)C(=O)c1ccccc12. The van der Waals surface area contributed by atoms with Crippen molar-refractivity contribution >= 4 is 11.8 Å². The summed E-state index contributed by atoms with van der Waals surface area (Å²) in [4.78, 5) is 23.8. The normalized spacial score (nSPS) is 29.8. The molecule has 0 saturated carbocycles. The van der Waals surface area contributed by atoms with E-state index in [-0.39, 0.29) is 5.56 Å². The number of unbranched alkanes of at least 4 members (excludes halogenated alkanes) is 1. The van der Waals surface area contributed by atoms with Gasteiger partial charge in [-0.25, -0.2) is 0 Å². The summed E-state index contributed by atoms with van der Waals surface area (Å²) in [6, 6.07) is 6.26. The van der Waals surface area contributed by atoms with E-state index in [4.69, 9.17) is 4.74 Å². The number of rotatable bonds is 3. The lowest BCUT2D eigenvalue weighted by atomic mass is 9.67. The summed E-state index contributed by atoms with van der Waals surface area (Å²) in [5.41, 5.74) is -0.948. The lowest BCUT2D eigenvalue weighted by Gasteiger charge is -2.42. The Hall–Kier alpha value is -1.78. The van der Waals surface area contributed by atoms with Gasteiger partial charge >= 0.3 is 11.9 Å². The van der Waals surface area contributed by atoms with Crippen LogP contribution in [0, 0.1) is 5.92 Å². The minimum atomic E-state index is -3.56. The molecule has 0 N–H and O–H groups in total. The van der Waals surface area contributed by atoms with Gasteiger partial charge in [0.1, 0.15) is 5.60 Å². The van der Waals surface area contributed by atoms with Crippen molar-refractivity contribution in [1.82, 2.24) is 0 Å². The predicted molar refractivity (Wildman–Crippen MR) is 71.1 cm³/mol. The fourth-order valence-electron chi connectivity index (χ4n) is 3.50. The first kappa shape index (κ1) is 14.2. The third kappa shape index (κ3) is 1.83. The summed E-state index contributed by atoms with van der Waals surface area (Å²) < 4.78 is 34.4. The molecule has 1 aromatic rings. The topological polar surface area (TPSA) is 43.4 Å². The molecule has 5 heteroatoms. The molecule has 112 valence electrons. The third-order valence-electron chi connectivity index (χ3n) is 4.50.